The smallest absolute Gasteiger partial charge is 0.234 e. The lowest BCUT2D eigenvalue weighted by atomic mass is 10.2. The minimum Gasteiger partial charge on any atom is -0.495 e. The van der Waals surface area contributed by atoms with E-state index in [9.17, 15) is 4.79 Å². The molecule has 0 bridgehead atoms. The van der Waals surface area contributed by atoms with Crippen LogP contribution in [0.25, 0.3) is 5.69 Å². The van der Waals surface area contributed by atoms with Crippen molar-refractivity contribution in [1.29, 1.82) is 0 Å². The van der Waals surface area contributed by atoms with E-state index in [4.69, 9.17) is 16.3 Å². The summed E-state index contributed by atoms with van der Waals surface area (Å²) in [5.41, 5.74) is 2.79. The number of rotatable bonds is 7. The number of anilines is 2. The van der Waals surface area contributed by atoms with Crippen LogP contribution in [0.3, 0.4) is 0 Å². The molecule has 1 aliphatic heterocycles. The highest BCUT2D eigenvalue weighted by Gasteiger charge is 2.23. The van der Waals surface area contributed by atoms with Crippen LogP contribution in [0.4, 0.5) is 11.6 Å². The molecule has 1 N–H and O–H groups in total. The fraction of sp³-hybridized carbons (Fsp3) is 0.318. The molecule has 162 valence electrons. The van der Waals surface area contributed by atoms with Crippen LogP contribution in [0.15, 0.2) is 47.6 Å². The van der Waals surface area contributed by atoms with E-state index in [-0.39, 0.29) is 11.7 Å². The second-order valence-corrected chi connectivity index (χ2v) is 8.68. The summed E-state index contributed by atoms with van der Waals surface area (Å²) in [5, 5.41) is 12.8. The number of benzene rings is 2. The number of carbonyl (C=O) groups excluding carboxylic acids is 1. The summed E-state index contributed by atoms with van der Waals surface area (Å²) in [6.07, 6.45) is 2.30. The highest BCUT2D eigenvalue weighted by molar-refractivity contribution is 7.99. The molecule has 1 amide bonds. The lowest BCUT2D eigenvalue weighted by Gasteiger charge is -2.18. The minimum atomic E-state index is -0.146. The standard InChI is InChI=1S/C22H24ClN5O2S/c1-15-5-8-17(9-6-15)28-21(27-11-3-4-12-27)25-26-22(28)31-14-20(29)24-16-7-10-19(30-2)18(23)13-16/h5-10,13H,3-4,11-12,14H2,1-2H3,(H,24,29). The molecule has 0 unspecified atom stereocenters. The molecular formula is C22H24ClN5O2S. The Labute approximate surface area is 190 Å². The predicted octanol–water partition coefficient (Wildman–Crippen LogP) is 4.57. The van der Waals surface area contributed by atoms with Crippen molar-refractivity contribution in [2.24, 2.45) is 0 Å². The maximum absolute atomic E-state index is 12.5. The molecule has 2 aromatic carbocycles. The fourth-order valence-corrected chi connectivity index (χ4v) is 4.47. The molecule has 0 saturated carbocycles. The Morgan fingerprint density at radius 2 is 1.90 bits per heavy atom. The third-order valence-electron chi connectivity index (χ3n) is 5.07. The van der Waals surface area contributed by atoms with Crippen molar-refractivity contribution in [3.05, 3.63) is 53.1 Å². The molecule has 0 atom stereocenters. The number of aromatic nitrogens is 3. The quantitative estimate of drug-likeness (QED) is 0.524. The summed E-state index contributed by atoms with van der Waals surface area (Å²) in [6.45, 7) is 3.99. The molecule has 4 rings (SSSR count). The first-order valence-corrected chi connectivity index (χ1v) is 11.4. The van der Waals surface area contributed by atoms with Gasteiger partial charge in [-0.25, -0.2) is 0 Å². The van der Waals surface area contributed by atoms with Gasteiger partial charge in [-0.3, -0.25) is 9.36 Å². The van der Waals surface area contributed by atoms with E-state index in [0.717, 1.165) is 37.6 Å². The van der Waals surface area contributed by atoms with Gasteiger partial charge in [0.2, 0.25) is 11.9 Å². The molecule has 1 aliphatic rings. The van der Waals surface area contributed by atoms with Crippen LogP contribution in [-0.2, 0) is 4.79 Å². The van der Waals surface area contributed by atoms with E-state index >= 15 is 0 Å². The Balaban J connectivity index is 1.50. The number of aryl methyl sites for hydroxylation is 1. The topological polar surface area (TPSA) is 72.3 Å². The Kier molecular flexibility index (Phi) is 6.67. The lowest BCUT2D eigenvalue weighted by molar-refractivity contribution is -0.113. The van der Waals surface area contributed by atoms with Crippen LogP contribution in [0.1, 0.15) is 18.4 Å². The van der Waals surface area contributed by atoms with E-state index in [0.29, 0.717) is 21.6 Å². The van der Waals surface area contributed by atoms with Gasteiger partial charge in [0, 0.05) is 18.8 Å². The Morgan fingerprint density at radius 1 is 1.16 bits per heavy atom. The van der Waals surface area contributed by atoms with Crippen molar-refractivity contribution < 1.29 is 9.53 Å². The predicted molar refractivity (Wildman–Crippen MR) is 125 cm³/mol. The number of carbonyl (C=O) groups is 1. The molecule has 3 aromatic rings. The summed E-state index contributed by atoms with van der Waals surface area (Å²) in [6, 6.07) is 13.4. The van der Waals surface area contributed by atoms with Crippen LogP contribution in [0.2, 0.25) is 5.02 Å². The third-order valence-corrected chi connectivity index (χ3v) is 6.29. The second kappa shape index (κ2) is 9.62. The van der Waals surface area contributed by atoms with Crippen molar-refractivity contribution in [3.63, 3.8) is 0 Å². The Hall–Kier alpha value is -2.71. The van der Waals surface area contributed by atoms with Gasteiger partial charge < -0.3 is 15.0 Å². The summed E-state index contributed by atoms with van der Waals surface area (Å²) >= 11 is 7.50. The van der Waals surface area contributed by atoms with Crippen LogP contribution >= 0.6 is 23.4 Å². The maximum atomic E-state index is 12.5. The summed E-state index contributed by atoms with van der Waals surface area (Å²) < 4.78 is 7.18. The number of hydrogen-bond acceptors (Lipinski definition) is 6. The third kappa shape index (κ3) is 4.97. The Morgan fingerprint density at radius 3 is 2.58 bits per heavy atom. The molecule has 0 aliphatic carbocycles. The second-order valence-electron chi connectivity index (χ2n) is 7.33. The molecule has 1 fully saturated rings. The molecule has 0 radical (unpaired) electrons. The number of thioether (sulfide) groups is 1. The first-order chi connectivity index (χ1) is 15.0. The monoisotopic (exact) mass is 457 g/mol. The van der Waals surface area contributed by atoms with E-state index in [1.807, 2.05) is 4.57 Å². The average Bonchev–Trinajstić information content (AvgIpc) is 3.43. The van der Waals surface area contributed by atoms with Gasteiger partial charge in [-0.15, -0.1) is 10.2 Å². The molecule has 1 saturated heterocycles. The number of hydrogen-bond donors (Lipinski definition) is 1. The summed E-state index contributed by atoms with van der Waals surface area (Å²) in [4.78, 5) is 14.8. The van der Waals surface area contributed by atoms with Crippen molar-refractivity contribution in [3.8, 4) is 11.4 Å². The van der Waals surface area contributed by atoms with Gasteiger partial charge >= 0.3 is 0 Å². The summed E-state index contributed by atoms with van der Waals surface area (Å²) in [7, 11) is 1.55. The SMILES string of the molecule is COc1ccc(NC(=O)CSc2nnc(N3CCCC3)n2-c2ccc(C)cc2)cc1Cl. The largest absolute Gasteiger partial charge is 0.495 e. The van der Waals surface area contributed by atoms with Crippen LogP contribution < -0.4 is 15.0 Å². The number of methoxy groups -OCH3 is 1. The molecular weight excluding hydrogens is 434 g/mol. The van der Waals surface area contributed by atoms with Crippen molar-refractivity contribution in [2.75, 3.05) is 36.2 Å². The van der Waals surface area contributed by atoms with Gasteiger partial charge in [0.25, 0.3) is 0 Å². The molecule has 0 spiro atoms. The van der Waals surface area contributed by atoms with Crippen LogP contribution in [0.5, 0.6) is 5.75 Å². The van der Waals surface area contributed by atoms with Crippen LogP contribution in [-0.4, -0.2) is 46.6 Å². The first-order valence-electron chi connectivity index (χ1n) is 10.1. The van der Waals surface area contributed by atoms with Gasteiger partial charge in [-0.2, -0.15) is 0 Å². The van der Waals surface area contributed by atoms with E-state index < -0.39 is 0 Å². The highest BCUT2D eigenvalue weighted by atomic mass is 35.5. The van der Waals surface area contributed by atoms with E-state index in [2.05, 4.69) is 51.6 Å². The minimum absolute atomic E-state index is 0.146. The zero-order chi connectivity index (χ0) is 21.8. The van der Waals surface area contributed by atoms with Gasteiger partial charge in [0.15, 0.2) is 5.16 Å². The highest BCUT2D eigenvalue weighted by Crippen LogP contribution is 2.30. The maximum Gasteiger partial charge on any atom is 0.234 e. The van der Waals surface area contributed by atoms with Gasteiger partial charge in [-0.05, 0) is 50.1 Å². The number of halogens is 1. The van der Waals surface area contributed by atoms with Gasteiger partial charge in [0.05, 0.1) is 23.6 Å². The van der Waals surface area contributed by atoms with Gasteiger partial charge in [-0.1, -0.05) is 41.1 Å². The van der Waals surface area contributed by atoms with Crippen molar-refractivity contribution in [2.45, 2.75) is 24.9 Å². The fourth-order valence-electron chi connectivity index (χ4n) is 3.47. The molecule has 1 aromatic heterocycles. The van der Waals surface area contributed by atoms with E-state index in [1.165, 1.54) is 17.3 Å². The molecule has 9 heteroatoms. The van der Waals surface area contributed by atoms with Crippen molar-refractivity contribution >= 4 is 40.9 Å². The zero-order valence-corrected chi connectivity index (χ0v) is 19.0. The van der Waals surface area contributed by atoms with Crippen molar-refractivity contribution in [1.82, 2.24) is 14.8 Å². The lowest BCUT2D eigenvalue weighted by Crippen LogP contribution is -2.22. The summed E-state index contributed by atoms with van der Waals surface area (Å²) in [5.74, 6) is 1.45. The molecule has 7 nitrogen and oxygen atoms in total. The average molecular weight is 458 g/mol. The number of amides is 1. The number of nitrogens with one attached hydrogen (secondary N) is 1. The normalized spacial score (nSPS) is 13.5. The Bertz CT molecular complexity index is 1060. The zero-order valence-electron chi connectivity index (χ0n) is 17.5. The van der Waals surface area contributed by atoms with E-state index in [1.54, 1.807) is 25.3 Å². The van der Waals surface area contributed by atoms with Gasteiger partial charge in [0.1, 0.15) is 5.75 Å². The first kappa shape index (κ1) is 21.5. The molecule has 2 heterocycles. The number of nitrogens with zero attached hydrogens (tertiary/aromatic N) is 4. The van der Waals surface area contributed by atoms with Crippen LogP contribution in [0, 0.1) is 6.92 Å². The number of ether oxygens (including phenoxy) is 1. The molecule has 31 heavy (non-hydrogen) atoms.